The normalized spacial score (nSPS) is 18.5. The lowest BCUT2D eigenvalue weighted by atomic mass is 9.97. The van der Waals surface area contributed by atoms with Gasteiger partial charge in [0.15, 0.2) is 0 Å². The van der Waals surface area contributed by atoms with Crippen LogP contribution in [0.3, 0.4) is 0 Å². The van der Waals surface area contributed by atoms with Crippen molar-refractivity contribution in [3.8, 4) is 0 Å². The molecule has 4 heterocycles. The number of nitrogens with one attached hydrogen (secondary N) is 2. The molecule has 2 aliphatic rings. The number of likely N-dealkylation sites (tertiary alicyclic amines) is 1. The fourth-order valence-electron chi connectivity index (χ4n) is 4.22. The first-order valence-corrected chi connectivity index (χ1v) is 11.6. The number of piperazine rings is 1. The number of anilines is 2. The van der Waals surface area contributed by atoms with E-state index in [-0.39, 0.29) is 23.6 Å². The number of H-pyrrole nitrogens is 1. The van der Waals surface area contributed by atoms with Gasteiger partial charge in [0.2, 0.25) is 11.9 Å². The molecule has 14 heteroatoms. The molecule has 0 saturated carbocycles. The fourth-order valence-corrected chi connectivity index (χ4v) is 4.42. The van der Waals surface area contributed by atoms with Crippen LogP contribution in [0.4, 0.5) is 24.8 Å². The van der Waals surface area contributed by atoms with Crippen LogP contribution in [0.25, 0.3) is 0 Å². The van der Waals surface area contributed by atoms with Crippen LogP contribution in [0, 0.1) is 5.92 Å². The minimum atomic E-state index is -4.79. The number of halogens is 4. The van der Waals surface area contributed by atoms with Gasteiger partial charge in [-0.15, -0.1) is 0 Å². The zero-order chi connectivity index (χ0) is 24.5. The van der Waals surface area contributed by atoms with Crippen molar-refractivity contribution in [2.45, 2.75) is 19.1 Å². The Morgan fingerprint density at radius 2 is 1.85 bits per heavy atom. The van der Waals surface area contributed by atoms with Crippen LogP contribution in [-0.4, -0.2) is 87.7 Å². The van der Waals surface area contributed by atoms with Crippen molar-refractivity contribution in [3.63, 3.8) is 0 Å². The molecule has 2 fully saturated rings. The molecule has 1 unspecified atom stereocenters. The zero-order valence-electron chi connectivity index (χ0n) is 18.3. The van der Waals surface area contributed by atoms with Gasteiger partial charge in [-0.25, -0.2) is 15.1 Å². The standard InChI is InChI=1S/C20H24BrF3N8O2/c1-12(28-15-8-27-29-17(33)16(15)20(22,23)24)9-30-10-13(11-30)18(34)31-2-4-32(5-3-31)19-25-6-14(21)7-26-19/h6-8,12-13H,2-5,9-11H2,1H3,(H2,28,29,33). The number of carbonyl (C=O) groups is 1. The van der Waals surface area contributed by atoms with E-state index in [1.54, 1.807) is 19.3 Å². The number of hydrogen-bond acceptors (Lipinski definition) is 8. The third-order valence-corrected chi connectivity index (χ3v) is 6.27. The van der Waals surface area contributed by atoms with Crippen molar-refractivity contribution in [3.05, 3.63) is 39.0 Å². The third kappa shape index (κ3) is 5.49. The second-order valence-electron chi connectivity index (χ2n) is 8.46. The molecule has 10 nitrogen and oxygen atoms in total. The Hall–Kier alpha value is -2.74. The van der Waals surface area contributed by atoms with Gasteiger partial charge in [-0.3, -0.25) is 14.5 Å². The highest BCUT2D eigenvalue weighted by atomic mass is 79.9. The Kier molecular flexibility index (Phi) is 7.07. The van der Waals surface area contributed by atoms with Gasteiger partial charge in [0, 0.05) is 64.2 Å². The molecule has 2 aromatic rings. The van der Waals surface area contributed by atoms with Crippen LogP contribution in [0.15, 0.2) is 27.9 Å². The van der Waals surface area contributed by atoms with E-state index in [0.717, 1.165) is 10.7 Å². The van der Waals surface area contributed by atoms with E-state index in [4.69, 9.17) is 0 Å². The number of carbonyl (C=O) groups excluding carboxylic acids is 1. The van der Waals surface area contributed by atoms with Crippen molar-refractivity contribution in [1.82, 2.24) is 30.0 Å². The average molecular weight is 545 g/mol. The second-order valence-corrected chi connectivity index (χ2v) is 9.38. The van der Waals surface area contributed by atoms with Crippen LogP contribution in [0.5, 0.6) is 0 Å². The maximum atomic E-state index is 13.2. The van der Waals surface area contributed by atoms with E-state index in [1.807, 2.05) is 19.8 Å². The molecule has 4 rings (SSSR count). The van der Waals surface area contributed by atoms with E-state index in [9.17, 15) is 22.8 Å². The van der Waals surface area contributed by atoms with Gasteiger partial charge in [0.1, 0.15) is 5.56 Å². The zero-order valence-corrected chi connectivity index (χ0v) is 19.9. The maximum Gasteiger partial charge on any atom is 0.423 e. The quantitative estimate of drug-likeness (QED) is 0.561. The molecule has 0 radical (unpaired) electrons. The minimum absolute atomic E-state index is 0.0892. The number of rotatable bonds is 6. The molecule has 1 atom stereocenters. The highest BCUT2D eigenvalue weighted by molar-refractivity contribution is 9.10. The van der Waals surface area contributed by atoms with E-state index >= 15 is 0 Å². The molecule has 0 spiro atoms. The maximum absolute atomic E-state index is 13.2. The summed E-state index contributed by atoms with van der Waals surface area (Å²) in [6.45, 7) is 5.71. The Morgan fingerprint density at radius 1 is 1.21 bits per heavy atom. The molecule has 0 aliphatic carbocycles. The summed E-state index contributed by atoms with van der Waals surface area (Å²) in [5.41, 5.74) is -2.94. The number of alkyl halides is 3. The Balaban J connectivity index is 1.23. The largest absolute Gasteiger partial charge is 0.423 e. The first kappa shape index (κ1) is 24.4. The minimum Gasteiger partial charge on any atom is -0.379 e. The molecule has 2 saturated heterocycles. The molecule has 2 aliphatic heterocycles. The van der Waals surface area contributed by atoms with Crippen LogP contribution in [-0.2, 0) is 11.0 Å². The first-order chi connectivity index (χ1) is 16.1. The average Bonchev–Trinajstić information content (AvgIpc) is 2.75. The topological polar surface area (TPSA) is 110 Å². The summed E-state index contributed by atoms with van der Waals surface area (Å²) < 4.78 is 40.4. The predicted octanol–water partition coefficient (Wildman–Crippen LogP) is 1.42. The highest BCUT2D eigenvalue weighted by Gasteiger charge is 2.39. The highest BCUT2D eigenvalue weighted by Crippen LogP contribution is 2.31. The van der Waals surface area contributed by atoms with Crippen molar-refractivity contribution >= 4 is 33.5 Å². The van der Waals surface area contributed by atoms with Crippen molar-refractivity contribution in [2.75, 3.05) is 56.0 Å². The Morgan fingerprint density at radius 3 is 2.47 bits per heavy atom. The van der Waals surface area contributed by atoms with Gasteiger partial charge in [-0.1, -0.05) is 0 Å². The molecule has 2 aromatic heterocycles. The number of amides is 1. The summed E-state index contributed by atoms with van der Waals surface area (Å²) in [5.74, 6) is 0.594. The molecule has 0 aromatic carbocycles. The summed E-state index contributed by atoms with van der Waals surface area (Å²) in [7, 11) is 0. The Bertz CT molecular complexity index is 1070. The van der Waals surface area contributed by atoms with Gasteiger partial charge < -0.3 is 15.1 Å². The molecule has 1 amide bonds. The summed E-state index contributed by atoms with van der Waals surface area (Å²) >= 11 is 3.31. The van der Waals surface area contributed by atoms with Gasteiger partial charge >= 0.3 is 6.18 Å². The van der Waals surface area contributed by atoms with Crippen LogP contribution in [0.2, 0.25) is 0 Å². The lowest BCUT2D eigenvalue weighted by molar-refractivity contribution is -0.141. The monoisotopic (exact) mass is 544 g/mol. The summed E-state index contributed by atoms with van der Waals surface area (Å²) in [4.78, 5) is 38.9. The molecule has 0 bridgehead atoms. The van der Waals surface area contributed by atoms with Crippen molar-refractivity contribution < 1.29 is 18.0 Å². The van der Waals surface area contributed by atoms with E-state index in [0.29, 0.717) is 51.8 Å². The lowest BCUT2D eigenvalue weighted by Crippen LogP contribution is -2.59. The van der Waals surface area contributed by atoms with E-state index < -0.39 is 17.3 Å². The number of hydrogen-bond donors (Lipinski definition) is 2. The SMILES string of the molecule is CC(CN1CC(C(=O)N2CCN(c3ncc(Br)cn3)CC2)C1)Nc1cn[nH]c(=O)c1C(F)(F)F. The summed E-state index contributed by atoms with van der Waals surface area (Å²) in [5, 5.41) is 8.01. The van der Waals surface area contributed by atoms with Gasteiger partial charge in [0.25, 0.3) is 5.56 Å². The first-order valence-electron chi connectivity index (χ1n) is 10.8. The van der Waals surface area contributed by atoms with Crippen molar-refractivity contribution in [2.24, 2.45) is 5.92 Å². The molecular formula is C20H24BrF3N8O2. The number of aromatic amines is 1. The number of nitrogens with zero attached hydrogens (tertiary/aromatic N) is 6. The number of aromatic nitrogens is 4. The molecule has 34 heavy (non-hydrogen) atoms. The van der Waals surface area contributed by atoms with Crippen molar-refractivity contribution in [1.29, 1.82) is 0 Å². The van der Waals surface area contributed by atoms with Gasteiger partial charge in [0.05, 0.1) is 22.3 Å². The lowest BCUT2D eigenvalue weighted by Gasteiger charge is -2.43. The van der Waals surface area contributed by atoms with E-state index in [2.05, 4.69) is 36.3 Å². The van der Waals surface area contributed by atoms with Gasteiger partial charge in [-0.05, 0) is 22.9 Å². The third-order valence-electron chi connectivity index (χ3n) is 5.86. The molecule has 184 valence electrons. The van der Waals surface area contributed by atoms with Gasteiger partial charge in [-0.2, -0.15) is 18.3 Å². The molecule has 2 N–H and O–H groups in total. The smallest absolute Gasteiger partial charge is 0.379 e. The van der Waals surface area contributed by atoms with E-state index in [1.165, 1.54) is 0 Å². The fraction of sp³-hybridized carbons (Fsp3) is 0.550. The van der Waals surface area contributed by atoms with Crippen LogP contribution < -0.4 is 15.8 Å². The summed E-state index contributed by atoms with van der Waals surface area (Å²) in [6.07, 6.45) is -0.452. The second kappa shape index (κ2) is 9.86. The predicted molar refractivity (Wildman–Crippen MR) is 121 cm³/mol. The summed E-state index contributed by atoms with van der Waals surface area (Å²) in [6, 6.07) is -0.379. The molecular weight excluding hydrogens is 521 g/mol. The van der Waals surface area contributed by atoms with Crippen LogP contribution >= 0.6 is 15.9 Å². The Labute approximate surface area is 201 Å². The van der Waals surface area contributed by atoms with Crippen LogP contribution in [0.1, 0.15) is 12.5 Å².